The summed E-state index contributed by atoms with van der Waals surface area (Å²) in [6.07, 6.45) is 0. The van der Waals surface area contributed by atoms with Crippen LogP contribution in [0.4, 0.5) is 0 Å². The largest absolute Gasteiger partial charge is 0.437 e. The lowest BCUT2D eigenvalue weighted by Gasteiger charge is -2.12. The Morgan fingerprint density at radius 1 is 0.468 bits per heavy atom. The lowest BCUT2D eigenvalue weighted by atomic mass is 9.98. The quantitative estimate of drug-likeness (QED) is 0.185. The number of imidazole rings is 1. The third kappa shape index (κ3) is 3.26. The molecule has 47 heavy (non-hydrogen) atoms. The van der Waals surface area contributed by atoms with Gasteiger partial charge in [-0.05, 0) is 46.5 Å². The van der Waals surface area contributed by atoms with Gasteiger partial charge in [-0.25, -0.2) is 9.97 Å². The van der Waals surface area contributed by atoms with E-state index in [0.717, 1.165) is 71.6 Å². The molecule has 6 heteroatoms. The molecular weight excluding hydrogens is 578 g/mol. The molecule has 0 fully saturated rings. The highest BCUT2D eigenvalue weighted by atomic mass is 16.3. The summed E-state index contributed by atoms with van der Waals surface area (Å²) in [5.41, 5.74) is 9.22. The summed E-state index contributed by atoms with van der Waals surface area (Å²) in [4.78, 5) is 15.7. The minimum atomic E-state index is 0.555. The Morgan fingerprint density at radius 2 is 1.15 bits per heavy atom. The number of hydrogen-bond donors (Lipinski definition) is 0. The van der Waals surface area contributed by atoms with E-state index < -0.39 is 0 Å². The molecule has 0 aliphatic heterocycles. The molecule has 5 aromatic heterocycles. The number of aromatic nitrogens is 5. The Bertz CT molecular complexity index is 3080. The van der Waals surface area contributed by atoms with Gasteiger partial charge >= 0.3 is 0 Å². The molecular formula is C41H23N5O. The fourth-order valence-corrected chi connectivity index (χ4v) is 7.60. The van der Waals surface area contributed by atoms with Crippen molar-refractivity contribution >= 4 is 82.2 Å². The van der Waals surface area contributed by atoms with Gasteiger partial charge in [0, 0.05) is 21.7 Å². The van der Waals surface area contributed by atoms with Crippen molar-refractivity contribution in [3.63, 3.8) is 0 Å². The topological polar surface area (TPSA) is 61.2 Å². The first-order valence-electron chi connectivity index (χ1n) is 15.7. The second kappa shape index (κ2) is 9.02. The first-order chi connectivity index (χ1) is 23.3. The van der Waals surface area contributed by atoms with E-state index in [4.69, 9.17) is 19.4 Å². The Kier molecular flexibility index (Phi) is 4.75. The predicted molar refractivity (Wildman–Crippen MR) is 190 cm³/mol. The standard InChI is InChI=1S/C41H23N5O/c1-2-12-24(13-3-1)37-35-29-18-8-11-21-33(29)47-40(35)44-41(43-37)46-32-22-23-34-42-30-19-9-10-20-31(30)45(34)39(32)36-27-16-6-4-14-25(27)26-15-5-7-17-28(26)38(36)46/h1-23H. The molecule has 0 amide bonds. The highest BCUT2D eigenvalue weighted by Crippen LogP contribution is 2.44. The molecule has 218 valence electrons. The van der Waals surface area contributed by atoms with Gasteiger partial charge in [0.25, 0.3) is 0 Å². The summed E-state index contributed by atoms with van der Waals surface area (Å²) in [6.45, 7) is 0. The average Bonchev–Trinajstić information content (AvgIpc) is 3.81. The molecule has 0 unspecified atom stereocenters. The molecule has 11 aromatic rings. The van der Waals surface area contributed by atoms with Gasteiger partial charge in [0.05, 0.1) is 38.7 Å². The van der Waals surface area contributed by atoms with Gasteiger partial charge in [-0.2, -0.15) is 4.98 Å². The van der Waals surface area contributed by atoms with Gasteiger partial charge < -0.3 is 4.42 Å². The lowest BCUT2D eigenvalue weighted by molar-refractivity contribution is 0.651. The molecule has 0 aliphatic carbocycles. The van der Waals surface area contributed by atoms with Crippen LogP contribution < -0.4 is 0 Å². The maximum atomic E-state index is 6.47. The van der Waals surface area contributed by atoms with Crippen molar-refractivity contribution in [1.82, 2.24) is 23.9 Å². The Labute approximate surface area is 266 Å². The SMILES string of the molecule is c1ccc(-c2nc(-n3c4ccc5nc6ccccc6n5c4c4c5ccccc5c5ccccc5c43)nc3oc4ccccc4c23)cc1. The van der Waals surface area contributed by atoms with Crippen LogP contribution >= 0.6 is 0 Å². The van der Waals surface area contributed by atoms with Crippen molar-refractivity contribution in [3.05, 3.63) is 140 Å². The van der Waals surface area contributed by atoms with Crippen LogP contribution in [-0.2, 0) is 0 Å². The van der Waals surface area contributed by atoms with Crippen LogP contribution in [0.3, 0.4) is 0 Å². The maximum Gasteiger partial charge on any atom is 0.238 e. The Balaban J connectivity index is 1.42. The second-order valence-electron chi connectivity index (χ2n) is 12.0. The summed E-state index contributed by atoms with van der Waals surface area (Å²) in [7, 11) is 0. The lowest BCUT2D eigenvalue weighted by Crippen LogP contribution is -2.03. The monoisotopic (exact) mass is 601 g/mol. The molecule has 0 radical (unpaired) electrons. The highest BCUT2D eigenvalue weighted by Gasteiger charge is 2.25. The number of benzene rings is 6. The number of furan rings is 1. The van der Waals surface area contributed by atoms with Crippen molar-refractivity contribution in [3.8, 4) is 17.2 Å². The summed E-state index contributed by atoms with van der Waals surface area (Å²) in [6, 6.07) is 48.3. The highest BCUT2D eigenvalue weighted by molar-refractivity contribution is 6.32. The molecule has 0 atom stereocenters. The molecule has 0 saturated heterocycles. The molecule has 0 bridgehead atoms. The summed E-state index contributed by atoms with van der Waals surface area (Å²) in [5, 5.41) is 7.73. The minimum Gasteiger partial charge on any atom is -0.437 e. The van der Waals surface area contributed by atoms with Crippen LogP contribution in [0.25, 0.3) is 99.4 Å². The first-order valence-corrected chi connectivity index (χ1v) is 15.7. The zero-order chi connectivity index (χ0) is 30.6. The van der Waals surface area contributed by atoms with E-state index in [2.05, 4.69) is 106 Å². The van der Waals surface area contributed by atoms with Crippen LogP contribution in [0.1, 0.15) is 0 Å². The maximum absolute atomic E-state index is 6.47. The fraction of sp³-hybridized carbons (Fsp3) is 0. The van der Waals surface area contributed by atoms with Gasteiger partial charge in [0.2, 0.25) is 11.7 Å². The van der Waals surface area contributed by atoms with Gasteiger partial charge in [0.1, 0.15) is 11.2 Å². The van der Waals surface area contributed by atoms with Crippen molar-refractivity contribution in [1.29, 1.82) is 0 Å². The summed E-state index contributed by atoms with van der Waals surface area (Å²) >= 11 is 0. The van der Waals surface area contributed by atoms with Crippen LogP contribution in [-0.4, -0.2) is 23.9 Å². The van der Waals surface area contributed by atoms with Crippen molar-refractivity contribution < 1.29 is 4.42 Å². The molecule has 11 rings (SSSR count). The molecule has 0 saturated carbocycles. The van der Waals surface area contributed by atoms with E-state index in [1.807, 2.05) is 42.5 Å². The first kappa shape index (κ1) is 24.8. The average molecular weight is 602 g/mol. The zero-order valence-corrected chi connectivity index (χ0v) is 24.9. The smallest absolute Gasteiger partial charge is 0.238 e. The van der Waals surface area contributed by atoms with Gasteiger partial charge in [-0.1, -0.05) is 109 Å². The second-order valence-corrected chi connectivity index (χ2v) is 12.0. The number of fused-ring (bicyclic) bond motifs is 15. The number of hydrogen-bond acceptors (Lipinski definition) is 4. The third-order valence-corrected chi connectivity index (χ3v) is 9.52. The normalized spacial score (nSPS) is 12.3. The van der Waals surface area contributed by atoms with Gasteiger partial charge in [-0.3, -0.25) is 8.97 Å². The third-order valence-electron chi connectivity index (χ3n) is 9.52. The molecule has 5 heterocycles. The molecule has 0 N–H and O–H groups in total. The van der Waals surface area contributed by atoms with Crippen LogP contribution in [0.15, 0.2) is 144 Å². The molecule has 6 nitrogen and oxygen atoms in total. The van der Waals surface area contributed by atoms with Crippen molar-refractivity contribution in [2.45, 2.75) is 0 Å². The van der Waals surface area contributed by atoms with E-state index in [1.54, 1.807) is 0 Å². The predicted octanol–water partition coefficient (Wildman–Crippen LogP) is 10.2. The van der Waals surface area contributed by atoms with Crippen LogP contribution in [0, 0.1) is 0 Å². The van der Waals surface area contributed by atoms with Crippen LogP contribution in [0.2, 0.25) is 0 Å². The van der Waals surface area contributed by atoms with E-state index in [-0.39, 0.29) is 0 Å². The van der Waals surface area contributed by atoms with Crippen molar-refractivity contribution in [2.24, 2.45) is 0 Å². The van der Waals surface area contributed by atoms with E-state index in [1.165, 1.54) is 16.2 Å². The van der Waals surface area contributed by atoms with E-state index in [9.17, 15) is 0 Å². The van der Waals surface area contributed by atoms with E-state index >= 15 is 0 Å². The Morgan fingerprint density at radius 3 is 2.00 bits per heavy atom. The summed E-state index contributed by atoms with van der Waals surface area (Å²) < 4.78 is 11.0. The number of rotatable bonds is 2. The summed E-state index contributed by atoms with van der Waals surface area (Å²) in [5.74, 6) is 0.555. The zero-order valence-electron chi connectivity index (χ0n) is 24.9. The van der Waals surface area contributed by atoms with Crippen LogP contribution in [0.5, 0.6) is 0 Å². The molecule has 0 aliphatic rings. The van der Waals surface area contributed by atoms with Crippen molar-refractivity contribution in [2.75, 3.05) is 0 Å². The minimum absolute atomic E-state index is 0.555. The number of pyridine rings is 1. The van der Waals surface area contributed by atoms with Gasteiger partial charge in [-0.15, -0.1) is 0 Å². The van der Waals surface area contributed by atoms with Gasteiger partial charge in [0.15, 0.2) is 0 Å². The molecule has 0 spiro atoms. The Hall–Kier alpha value is -6.53. The van der Waals surface area contributed by atoms with E-state index in [0.29, 0.717) is 11.7 Å². The molecule has 6 aromatic carbocycles. The fourth-order valence-electron chi connectivity index (χ4n) is 7.60. The number of nitrogens with zero attached hydrogens (tertiary/aromatic N) is 5. The number of para-hydroxylation sites is 3.